The topological polar surface area (TPSA) is 63.5 Å². The molecule has 0 saturated heterocycles. The molecular weight excluding hydrogens is 292 g/mol. The molecule has 2 rings (SSSR count). The Balaban J connectivity index is 2.00. The fraction of sp³-hybridized carbons (Fsp3) is 0.500. The monoisotopic (exact) mass is 318 g/mol. The third kappa shape index (κ3) is 4.33. The van der Waals surface area contributed by atoms with Crippen LogP contribution in [0, 0.1) is 0 Å². The molecular formula is C18H26N2O3. The maximum Gasteiger partial charge on any atom is 0.220 e. The first-order valence-corrected chi connectivity index (χ1v) is 7.93. The average Bonchev–Trinajstić information content (AvgIpc) is 2.82. The molecule has 1 atom stereocenters. The number of carbonyl (C=O) groups is 1. The van der Waals surface area contributed by atoms with E-state index < -0.39 is 5.54 Å². The van der Waals surface area contributed by atoms with E-state index in [2.05, 4.69) is 28.2 Å². The minimum absolute atomic E-state index is 0.0173. The van der Waals surface area contributed by atoms with E-state index in [1.165, 1.54) is 16.5 Å². The number of benzene rings is 1. The van der Waals surface area contributed by atoms with Crippen molar-refractivity contribution < 1.29 is 14.6 Å². The van der Waals surface area contributed by atoms with Crippen LogP contribution in [-0.4, -0.2) is 41.4 Å². The highest BCUT2D eigenvalue weighted by molar-refractivity contribution is 5.85. The molecule has 1 unspecified atom stereocenters. The summed E-state index contributed by atoms with van der Waals surface area (Å²) in [5.74, 6) is -0.0223. The highest BCUT2D eigenvalue weighted by Crippen LogP contribution is 2.21. The van der Waals surface area contributed by atoms with E-state index in [-0.39, 0.29) is 12.5 Å². The van der Waals surface area contributed by atoms with Gasteiger partial charge in [0.1, 0.15) is 0 Å². The summed E-state index contributed by atoms with van der Waals surface area (Å²) >= 11 is 0. The predicted octanol–water partition coefficient (Wildman–Crippen LogP) is 2.01. The van der Waals surface area contributed by atoms with Crippen LogP contribution in [0.5, 0.6) is 0 Å². The van der Waals surface area contributed by atoms with Crippen molar-refractivity contribution >= 4 is 16.8 Å². The van der Waals surface area contributed by atoms with Gasteiger partial charge in [-0.2, -0.15) is 0 Å². The van der Waals surface area contributed by atoms with Gasteiger partial charge in [-0.15, -0.1) is 0 Å². The minimum Gasteiger partial charge on any atom is -0.396 e. The summed E-state index contributed by atoms with van der Waals surface area (Å²) in [5, 5.41) is 13.3. The smallest absolute Gasteiger partial charge is 0.220 e. The molecule has 1 amide bonds. The summed E-state index contributed by atoms with van der Waals surface area (Å²) in [5.41, 5.74) is 1.82. The lowest BCUT2D eigenvalue weighted by atomic mass is 9.98. The van der Waals surface area contributed by atoms with Crippen molar-refractivity contribution in [2.45, 2.75) is 31.7 Å². The minimum atomic E-state index is -0.528. The van der Waals surface area contributed by atoms with Gasteiger partial charge in [0.2, 0.25) is 5.91 Å². The van der Waals surface area contributed by atoms with E-state index in [4.69, 9.17) is 9.84 Å². The van der Waals surface area contributed by atoms with Crippen molar-refractivity contribution in [3.05, 3.63) is 36.0 Å². The van der Waals surface area contributed by atoms with E-state index in [1.54, 1.807) is 7.11 Å². The van der Waals surface area contributed by atoms with Gasteiger partial charge in [0.15, 0.2) is 0 Å². The Morgan fingerprint density at radius 3 is 2.83 bits per heavy atom. The molecule has 0 fully saturated rings. The summed E-state index contributed by atoms with van der Waals surface area (Å²) in [4.78, 5) is 12.3. The van der Waals surface area contributed by atoms with Crippen LogP contribution in [0.1, 0.15) is 25.3 Å². The Hall–Kier alpha value is -1.85. The summed E-state index contributed by atoms with van der Waals surface area (Å²) in [7, 11) is 3.61. The highest BCUT2D eigenvalue weighted by Gasteiger charge is 2.25. The predicted molar refractivity (Wildman–Crippen MR) is 91.4 cm³/mol. The lowest BCUT2D eigenvalue weighted by molar-refractivity contribution is -0.123. The summed E-state index contributed by atoms with van der Waals surface area (Å²) in [6, 6.07) is 8.20. The Kier molecular flexibility index (Phi) is 5.80. The molecule has 0 spiro atoms. The van der Waals surface area contributed by atoms with Gasteiger partial charge in [-0.1, -0.05) is 18.2 Å². The number of nitrogens with one attached hydrogen (secondary N) is 1. The molecule has 0 bridgehead atoms. The Labute approximate surface area is 137 Å². The van der Waals surface area contributed by atoms with Crippen LogP contribution in [-0.2, 0) is 23.0 Å². The SMILES string of the molecule is COCC(C)(CCO)NC(=O)CCc1cn(C)c2ccccc12. The van der Waals surface area contributed by atoms with Crippen molar-refractivity contribution in [3.63, 3.8) is 0 Å². The van der Waals surface area contributed by atoms with Gasteiger partial charge < -0.3 is 19.7 Å². The fourth-order valence-electron chi connectivity index (χ4n) is 3.01. The van der Waals surface area contributed by atoms with Crippen molar-refractivity contribution in [3.8, 4) is 0 Å². The lowest BCUT2D eigenvalue weighted by Crippen LogP contribution is -2.50. The number of aliphatic hydroxyl groups excluding tert-OH is 1. The normalized spacial score (nSPS) is 13.9. The molecule has 0 aliphatic carbocycles. The van der Waals surface area contributed by atoms with Crippen LogP contribution >= 0.6 is 0 Å². The maximum absolute atomic E-state index is 12.3. The number of para-hydroxylation sites is 1. The van der Waals surface area contributed by atoms with Gasteiger partial charge in [0, 0.05) is 44.3 Å². The van der Waals surface area contributed by atoms with E-state index >= 15 is 0 Å². The summed E-state index contributed by atoms with van der Waals surface area (Å²) < 4.78 is 7.24. The highest BCUT2D eigenvalue weighted by atomic mass is 16.5. The number of aryl methyl sites for hydroxylation is 2. The van der Waals surface area contributed by atoms with Crippen molar-refractivity contribution in [2.75, 3.05) is 20.3 Å². The van der Waals surface area contributed by atoms with Crippen LogP contribution in [0.15, 0.2) is 30.5 Å². The molecule has 1 aromatic heterocycles. The Morgan fingerprint density at radius 1 is 1.39 bits per heavy atom. The molecule has 2 N–H and O–H groups in total. The van der Waals surface area contributed by atoms with E-state index in [9.17, 15) is 4.79 Å². The fourth-order valence-corrected chi connectivity index (χ4v) is 3.01. The van der Waals surface area contributed by atoms with E-state index in [0.717, 1.165) is 0 Å². The van der Waals surface area contributed by atoms with E-state index in [0.29, 0.717) is 25.9 Å². The first-order valence-electron chi connectivity index (χ1n) is 7.93. The number of ether oxygens (including phenoxy) is 1. The van der Waals surface area contributed by atoms with Crippen LogP contribution in [0.25, 0.3) is 10.9 Å². The molecule has 5 heteroatoms. The second kappa shape index (κ2) is 7.62. The van der Waals surface area contributed by atoms with Crippen LogP contribution in [0.3, 0.4) is 0 Å². The van der Waals surface area contributed by atoms with Gasteiger partial charge in [0.05, 0.1) is 12.1 Å². The number of rotatable bonds is 8. The molecule has 0 radical (unpaired) electrons. The maximum atomic E-state index is 12.3. The van der Waals surface area contributed by atoms with Gasteiger partial charge in [-0.3, -0.25) is 4.79 Å². The summed E-state index contributed by atoms with van der Waals surface area (Å²) in [6.07, 6.45) is 3.66. The van der Waals surface area contributed by atoms with Crippen molar-refractivity contribution in [2.24, 2.45) is 7.05 Å². The number of aliphatic hydroxyl groups is 1. The lowest BCUT2D eigenvalue weighted by Gasteiger charge is -2.29. The number of fused-ring (bicyclic) bond motifs is 1. The third-order valence-corrected chi connectivity index (χ3v) is 4.17. The molecule has 23 heavy (non-hydrogen) atoms. The first-order chi connectivity index (χ1) is 11.0. The quantitative estimate of drug-likeness (QED) is 0.782. The van der Waals surface area contributed by atoms with Gasteiger partial charge in [0.25, 0.3) is 0 Å². The van der Waals surface area contributed by atoms with Crippen molar-refractivity contribution in [1.82, 2.24) is 9.88 Å². The van der Waals surface area contributed by atoms with Gasteiger partial charge >= 0.3 is 0 Å². The van der Waals surface area contributed by atoms with Crippen LogP contribution < -0.4 is 5.32 Å². The van der Waals surface area contributed by atoms with Crippen molar-refractivity contribution in [1.29, 1.82) is 0 Å². The number of aromatic nitrogens is 1. The molecule has 126 valence electrons. The van der Waals surface area contributed by atoms with Crippen LogP contribution in [0.2, 0.25) is 0 Å². The zero-order valence-electron chi connectivity index (χ0n) is 14.1. The number of amides is 1. The molecule has 0 saturated carbocycles. The standard InChI is InChI=1S/C18H26N2O3/c1-18(10-11-21,13-23-3)19-17(22)9-8-14-12-20(2)16-7-5-4-6-15(14)16/h4-7,12,21H,8-11,13H2,1-3H3,(H,19,22). The van der Waals surface area contributed by atoms with E-state index in [1.807, 2.05) is 26.1 Å². The zero-order chi connectivity index (χ0) is 16.9. The second-order valence-electron chi connectivity index (χ2n) is 6.30. The number of nitrogens with zero attached hydrogens (tertiary/aromatic N) is 1. The Bertz CT molecular complexity index is 657. The summed E-state index contributed by atoms with van der Waals surface area (Å²) in [6.45, 7) is 2.29. The molecule has 0 aliphatic rings. The number of methoxy groups -OCH3 is 1. The van der Waals surface area contributed by atoms with Gasteiger partial charge in [-0.25, -0.2) is 0 Å². The number of hydrogen-bond acceptors (Lipinski definition) is 3. The molecule has 5 nitrogen and oxygen atoms in total. The Morgan fingerprint density at radius 2 is 2.13 bits per heavy atom. The zero-order valence-corrected chi connectivity index (χ0v) is 14.1. The largest absolute Gasteiger partial charge is 0.396 e. The molecule has 0 aliphatic heterocycles. The van der Waals surface area contributed by atoms with Crippen LogP contribution in [0.4, 0.5) is 0 Å². The third-order valence-electron chi connectivity index (χ3n) is 4.17. The second-order valence-corrected chi connectivity index (χ2v) is 6.30. The number of hydrogen-bond donors (Lipinski definition) is 2. The number of carbonyl (C=O) groups excluding carboxylic acids is 1. The molecule has 1 aromatic carbocycles. The average molecular weight is 318 g/mol. The first kappa shape index (κ1) is 17.5. The van der Waals surface area contributed by atoms with Gasteiger partial charge in [-0.05, 0) is 31.4 Å². The molecule has 1 heterocycles. The molecule has 2 aromatic rings.